The van der Waals surface area contributed by atoms with E-state index in [1.807, 2.05) is 30.1 Å². The Bertz CT molecular complexity index is 488. The van der Waals surface area contributed by atoms with Crippen molar-refractivity contribution in [2.45, 2.75) is 24.6 Å². The zero-order valence-corrected chi connectivity index (χ0v) is 18.7. The molecule has 1 aromatic rings. The number of halogens is 1. The molecule has 1 aliphatic heterocycles. The molecule has 23 heavy (non-hydrogen) atoms. The van der Waals surface area contributed by atoms with E-state index >= 15 is 0 Å². The highest BCUT2D eigenvalue weighted by Crippen LogP contribution is 2.29. The molecule has 0 radical (unpaired) electrons. The van der Waals surface area contributed by atoms with Crippen molar-refractivity contribution in [3.05, 3.63) is 22.4 Å². The van der Waals surface area contributed by atoms with Gasteiger partial charge in [0.2, 0.25) is 0 Å². The Morgan fingerprint density at radius 1 is 1.48 bits per heavy atom. The number of rotatable bonds is 4. The van der Waals surface area contributed by atoms with Gasteiger partial charge in [0.1, 0.15) is 0 Å². The number of thiophene rings is 1. The highest BCUT2D eigenvalue weighted by molar-refractivity contribution is 14.0. The first-order valence-corrected chi connectivity index (χ1v) is 9.59. The Morgan fingerprint density at radius 3 is 2.74 bits per heavy atom. The van der Waals surface area contributed by atoms with Crippen molar-refractivity contribution in [3.8, 4) is 0 Å². The van der Waals surface area contributed by atoms with E-state index in [1.54, 1.807) is 0 Å². The fourth-order valence-corrected chi connectivity index (χ4v) is 4.77. The zero-order chi connectivity index (χ0) is 16.2. The summed E-state index contributed by atoms with van der Waals surface area (Å²) in [5.74, 6) is 2.19. The molecule has 0 spiro atoms. The van der Waals surface area contributed by atoms with Gasteiger partial charge >= 0.3 is 0 Å². The molecule has 0 aliphatic carbocycles. The number of hydrogen-bond acceptors (Lipinski definition) is 4. The topological polar surface area (TPSA) is 30.9 Å². The van der Waals surface area contributed by atoms with E-state index in [1.165, 1.54) is 4.88 Å². The minimum absolute atomic E-state index is 0. The maximum absolute atomic E-state index is 4.50. The molecule has 2 rings (SSSR count). The Balaban J connectivity index is 0.00000264. The third-order valence-electron chi connectivity index (χ3n) is 3.89. The van der Waals surface area contributed by atoms with Crippen LogP contribution in [0.15, 0.2) is 22.5 Å². The molecule has 1 aliphatic rings. The van der Waals surface area contributed by atoms with Gasteiger partial charge in [0.25, 0.3) is 0 Å². The van der Waals surface area contributed by atoms with Crippen LogP contribution in [-0.4, -0.2) is 67.0 Å². The molecule has 0 aromatic carbocycles. The molecule has 0 amide bonds. The van der Waals surface area contributed by atoms with Crippen LogP contribution in [0, 0.1) is 0 Å². The van der Waals surface area contributed by atoms with Crippen molar-refractivity contribution >= 4 is 53.0 Å². The lowest BCUT2D eigenvalue weighted by Gasteiger charge is -2.39. The van der Waals surface area contributed by atoms with Crippen LogP contribution in [0.2, 0.25) is 0 Å². The molecule has 1 aromatic heterocycles. The Kier molecular flexibility index (Phi) is 8.68. The van der Waals surface area contributed by atoms with Gasteiger partial charge in [-0.05, 0) is 39.4 Å². The van der Waals surface area contributed by atoms with Gasteiger partial charge in [-0.3, -0.25) is 4.99 Å². The monoisotopic (exact) mass is 468 g/mol. The number of likely N-dealkylation sites (N-methyl/N-ethyl adjacent to an activating group) is 1. The summed E-state index contributed by atoms with van der Waals surface area (Å²) < 4.78 is 0.296. The van der Waals surface area contributed by atoms with Gasteiger partial charge in [0.05, 0.1) is 6.04 Å². The molecule has 7 heteroatoms. The van der Waals surface area contributed by atoms with Crippen molar-refractivity contribution in [1.29, 1.82) is 0 Å². The van der Waals surface area contributed by atoms with Crippen LogP contribution in [-0.2, 0) is 0 Å². The van der Waals surface area contributed by atoms with E-state index in [0.29, 0.717) is 10.8 Å². The SMILES string of the molecule is CN=C(NCC(c1cccs1)N(C)C)N1CCSC(C)(C)C1.I. The summed E-state index contributed by atoms with van der Waals surface area (Å²) in [6, 6.07) is 4.71. The lowest BCUT2D eigenvalue weighted by molar-refractivity contribution is 0.296. The van der Waals surface area contributed by atoms with E-state index in [0.717, 1.165) is 31.3 Å². The summed E-state index contributed by atoms with van der Waals surface area (Å²) in [5, 5.41) is 5.72. The van der Waals surface area contributed by atoms with Crippen LogP contribution in [0.4, 0.5) is 0 Å². The molecule has 1 unspecified atom stereocenters. The quantitative estimate of drug-likeness (QED) is 0.417. The van der Waals surface area contributed by atoms with Crippen LogP contribution < -0.4 is 5.32 Å². The molecule has 132 valence electrons. The second kappa shape index (κ2) is 9.48. The second-order valence-corrected chi connectivity index (χ2v) is 9.23. The summed E-state index contributed by atoms with van der Waals surface area (Å²) in [4.78, 5) is 10.5. The largest absolute Gasteiger partial charge is 0.354 e. The first-order valence-electron chi connectivity index (χ1n) is 7.72. The fraction of sp³-hybridized carbons (Fsp3) is 0.688. The number of nitrogens with one attached hydrogen (secondary N) is 1. The van der Waals surface area contributed by atoms with Gasteiger partial charge in [0, 0.05) is 42.1 Å². The van der Waals surface area contributed by atoms with Gasteiger partial charge in [-0.15, -0.1) is 35.3 Å². The van der Waals surface area contributed by atoms with E-state index in [9.17, 15) is 0 Å². The summed E-state index contributed by atoms with van der Waals surface area (Å²) in [6.45, 7) is 7.61. The Labute approximate surface area is 166 Å². The standard InChI is InChI=1S/C16H28N4S2.HI/c1-16(2)12-20(8-10-22-16)15(17-3)18-11-13(19(4)5)14-7-6-9-21-14;/h6-7,9,13H,8,10-12H2,1-5H3,(H,17,18);1H. The molecule has 0 bridgehead atoms. The minimum Gasteiger partial charge on any atom is -0.354 e. The normalized spacial score (nSPS) is 19.4. The van der Waals surface area contributed by atoms with Gasteiger partial charge in [-0.25, -0.2) is 0 Å². The van der Waals surface area contributed by atoms with E-state index in [4.69, 9.17) is 0 Å². The molecule has 4 nitrogen and oxygen atoms in total. The van der Waals surface area contributed by atoms with Crippen LogP contribution in [0.1, 0.15) is 24.8 Å². The summed E-state index contributed by atoms with van der Waals surface area (Å²) in [5.41, 5.74) is 0. The Morgan fingerprint density at radius 2 is 2.22 bits per heavy atom. The van der Waals surface area contributed by atoms with Gasteiger partial charge in [0.15, 0.2) is 5.96 Å². The maximum Gasteiger partial charge on any atom is 0.193 e. The molecule has 2 heterocycles. The third-order valence-corrected chi connectivity index (χ3v) is 6.16. The molecule has 0 saturated carbocycles. The van der Waals surface area contributed by atoms with Crippen molar-refractivity contribution in [3.63, 3.8) is 0 Å². The van der Waals surface area contributed by atoms with E-state index in [2.05, 4.69) is 65.6 Å². The number of thioether (sulfide) groups is 1. The van der Waals surface area contributed by atoms with Gasteiger partial charge in [-0.1, -0.05) is 6.07 Å². The second-order valence-electron chi connectivity index (χ2n) is 6.45. The predicted octanol–water partition coefficient (Wildman–Crippen LogP) is 3.37. The highest BCUT2D eigenvalue weighted by atomic mass is 127. The highest BCUT2D eigenvalue weighted by Gasteiger charge is 2.29. The Hall–Kier alpha value is 0.01000. The first-order chi connectivity index (χ1) is 10.4. The van der Waals surface area contributed by atoms with Gasteiger partial charge in [-0.2, -0.15) is 11.8 Å². The van der Waals surface area contributed by atoms with Crippen molar-refractivity contribution in [2.75, 3.05) is 46.5 Å². The number of guanidine groups is 1. The average Bonchev–Trinajstić information content (AvgIpc) is 2.96. The van der Waals surface area contributed by atoms with Crippen molar-refractivity contribution in [1.82, 2.24) is 15.1 Å². The predicted molar refractivity (Wildman–Crippen MR) is 116 cm³/mol. The zero-order valence-electron chi connectivity index (χ0n) is 14.7. The van der Waals surface area contributed by atoms with Crippen molar-refractivity contribution < 1.29 is 0 Å². The number of hydrogen-bond donors (Lipinski definition) is 1. The van der Waals surface area contributed by atoms with Crippen LogP contribution >= 0.6 is 47.1 Å². The molecule has 1 fully saturated rings. The molecule has 1 saturated heterocycles. The van der Waals surface area contributed by atoms with E-state index < -0.39 is 0 Å². The summed E-state index contributed by atoms with van der Waals surface area (Å²) in [6.07, 6.45) is 0. The fourth-order valence-electron chi connectivity index (χ4n) is 2.74. The minimum atomic E-state index is 0. The average molecular weight is 468 g/mol. The third kappa shape index (κ3) is 6.10. The maximum atomic E-state index is 4.50. The summed E-state index contributed by atoms with van der Waals surface area (Å²) >= 11 is 3.86. The molecule has 1 atom stereocenters. The lowest BCUT2D eigenvalue weighted by Crippen LogP contribution is -2.51. The number of aliphatic imine (C=N–C) groups is 1. The number of nitrogens with zero attached hydrogens (tertiary/aromatic N) is 3. The molecular formula is C16H29IN4S2. The molecule has 1 N–H and O–H groups in total. The summed E-state index contributed by atoms with van der Waals surface area (Å²) in [7, 11) is 6.15. The van der Waals surface area contributed by atoms with Crippen LogP contribution in [0.5, 0.6) is 0 Å². The van der Waals surface area contributed by atoms with Crippen LogP contribution in [0.25, 0.3) is 0 Å². The lowest BCUT2D eigenvalue weighted by atomic mass is 10.2. The first kappa shape index (κ1) is 21.1. The smallest absolute Gasteiger partial charge is 0.193 e. The van der Waals surface area contributed by atoms with Crippen molar-refractivity contribution in [2.24, 2.45) is 4.99 Å². The van der Waals surface area contributed by atoms with E-state index in [-0.39, 0.29) is 24.0 Å². The van der Waals surface area contributed by atoms with Crippen LogP contribution in [0.3, 0.4) is 0 Å². The van der Waals surface area contributed by atoms with Gasteiger partial charge < -0.3 is 15.1 Å². The molecular weight excluding hydrogens is 439 g/mol.